The largest absolute Gasteiger partial charge is 0.397 e. The van der Waals surface area contributed by atoms with E-state index in [4.69, 9.17) is 5.73 Å². The van der Waals surface area contributed by atoms with Crippen molar-refractivity contribution in [3.63, 3.8) is 0 Å². The molecule has 2 rings (SSSR count). The summed E-state index contributed by atoms with van der Waals surface area (Å²) in [5.41, 5.74) is 7.41. The Hall–Kier alpha value is -2.04. The molecule has 0 fully saturated rings. The summed E-state index contributed by atoms with van der Waals surface area (Å²) in [6.07, 6.45) is 7.23. The molecule has 0 aliphatic heterocycles. The molecule has 0 unspecified atom stereocenters. The number of hydrogen-bond donors (Lipinski definition) is 3. The van der Waals surface area contributed by atoms with Gasteiger partial charge in [-0.25, -0.2) is 9.97 Å². The molecule has 0 aliphatic carbocycles. The highest BCUT2D eigenvalue weighted by atomic mass is 15.0. The van der Waals surface area contributed by atoms with E-state index in [1.807, 2.05) is 19.2 Å². The molecule has 0 saturated carbocycles. The highest BCUT2D eigenvalue weighted by Gasteiger charge is 2.00. The first-order valence-corrected chi connectivity index (χ1v) is 5.70. The number of pyridine rings is 1. The topological polar surface area (TPSA) is 79.6 Å². The molecule has 5 nitrogen and oxygen atoms in total. The number of aromatic amines is 1. The second kappa shape index (κ2) is 5.34. The minimum absolute atomic E-state index is 0.698. The van der Waals surface area contributed by atoms with Crippen LogP contribution >= 0.6 is 0 Å². The van der Waals surface area contributed by atoms with Gasteiger partial charge < -0.3 is 16.0 Å². The van der Waals surface area contributed by atoms with Gasteiger partial charge in [0.1, 0.15) is 11.6 Å². The lowest BCUT2D eigenvalue weighted by molar-refractivity contribution is 0.813. The Labute approximate surface area is 100 Å². The Morgan fingerprint density at radius 2 is 2.29 bits per heavy atom. The maximum absolute atomic E-state index is 5.64. The van der Waals surface area contributed by atoms with Crippen LogP contribution in [0.4, 0.5) is 11.5 Å². The zero-order valence-corrected chi connectivity index (χ0v) is 9.90. The van der Waals surface area contributed by atoms with Gasteiger partial charge in [0.15, 0.2) is 0 Å². The molecular weight excluding hydrogens is 214 g/mol. The fourth-order valence-electron chi connectivity index (χ4n) is 1.68. The standard InChI is InChI=1S/C12H17N5/c1-9-7-10(13)8-17-12(9)16-4-2-3-11-14-5-6-15-11/h5-8H,2-4,13H2,1H3,(H,14,15)(H,16,17). The lowest BCUT2D eigenvalue weighted by atomic mass is 10.2. The zero-order chi connectivity index (χ0) is 12.1. The summed E-state index contributed by atoms with van der Waals surface area (Å²) in [5.74, 6) is 1.92. The summed E-state index contributed by atoms with van der Waals surface area (Å²) >= 11 is 0. The number of nitrogens with zero attached hydrogens (tertiary/aromatic N) is 2. The number of aromatic nitrogens is 3. The van der Waals surface area contributed by atoms with Gasteiger partial charge in [0, 0.05) is 25.4 Å². The molecule has 2 aromatic rings. The fourth-order valence-corrected chi connectivity index (χ4v) is 1.68. The van der Waals surface area contributed by atoms with Crippen LogP contribution in [0.5, 0.6) is 0 Å². The first-order valence-electron chi connectivity index (χ1n) is 5.70. The number of aryl methyl sites for hydroxylation is 2. The Kier molecular flexibility index (Phi) is 3.59. The molecule has 0 amide bonds. The Morgan fingerprint density at radius 3 is 3.00 bits per heavy atom. The third kappa shape index (κ3) is 3.21. The summed E-state index contributed by atoms with van der Waals surface area (Å²) in [5, 5.41) is 3.29. The summed E-state index contributed by atoms with van der Waals surface area (Å²) < 4.78 is 0. The Balaban J connectivity index is 1.78. The van der Waals surface area contributed by atoms with Crippen LogP contribution < -0.4 is 11.1 Å². The maximum Gasteiger partial charge on any atom is 0.128 e. The number of hydrogen-bond acceptors (Lipinski definition) is 4. The van der Waals surface area contributed by atoms with Gasteiger partial charge >= 0.3 is 0 Å². The zero-order valence-electron chi connectivity index (χ0n) is 9.90. The van der Waals surface area contributed by atoms with Crippen molar-refractivity contribution in [2.45, 2.75) is 19.8 Å². The van der Waals surface area contributed by atoms with Crippen LogP contribution in [0.3, 0.4) is 0 Å². The lowest BCUT2D eigenvalue weighted by Gasteiger charge is -2.08. The smallest absolute Gasteiger partial charge is 0.128 e. The minimum atomic E-state index is 0.698. The molecule has 0 bridgehead atoms. The minimum Gasteiger partial charge on any atom is -0.397 e. The molecule has 90 valence electrons. The Morgan fingerprint density at radius 1 is 1.41 bits per heavy atom. The van der Waals surface area contributed by atoms with Crippen molar-refractivity contribution >= 4 is 11.5 Å². The van der Waals surface area contributed by atoms with E-state index in [9.17, 15) is 0 Å². The fraction of sp³-hybridized carbons (Fsp3) is 0.333. The van der Waals surface area contributed by atoms with Crippen molar-refractivity contribution in [2.24, 2.45) is 0 Å². The molecule has 0 saturated heterocycles. The van der Waals surface area contributed by atoms with Gasteiger partial charge in [-0.3, -0.25) is 0 Å². The number of nitrogens with one attached hydrogen (secondary N) is 2. The van der Waals surface area contributed by atoms with Crippen LogP contribution in [0, 0.1) is 6.92 Å². The van der Waals surface area contributed by atoms with Gasteiger partial charge in [-0.2, -0.15) is 0 Å². The highest BCUT2D eigenvalue weighted by Crippen LogP contribution is 2.13. The highest BCUT2D eigenvalue weighted by molar-refractivity contribution is 5.50. The monoisotopic (exact) mass is 231 g/mol. The van der Waals surface area contributed by atoms with E-state index in [1.165, 1.54) is 0 Å². The van der Waals surface area contributed by atoms with E-state index in [2.05, 4.69) is 20.3 Å². The molecule has 17 heavy (non-hydrogen) atoms. The third-order valence-corrected chi connectivity index (χ3v) is 2.54. The van der Waals surface area contributed by atoms with Crippen molar-refractivity contribution < 1.29 is 0 Å². The predicted molar refractivity (Wildman–Crippen MR) is 68.8 cm³/mol. The van der Waals surface area contributed by atoms with E-state index in [0.717, 1.165) is 36.6 Å². The average molecular weight is 231 g/mol. The van der Waals surface area contributed by atoms with Crippen molar-refractivity contribution in [2.75, 3.05) is 17.6 Å². The van der Waals surface area contributed by atoms with Crippen molar-refractivity contribution in [3.05, 3.63) is 36.0 Å². The summed E-state index contributed by atoms with van der Waals surface area (Å²) in [6.45, 7) is 2.87. The molecule has 4 N–H and O–H groups in total. The SMILES string of the molecule is Cc1cc(N)cnc1NCCCc1ncc[nH]1. The number of H-pyrrole nitrogens is 1. The number of nitrogens with two attached hydrogens (primary N) is 1. The normalized spacial score (nSPS) is 10.4. The van der Waals surface area contributed by atoms with E-state index in [-0.39, 0.29) is 0 Å². The van der Waals surface area contributed by atoms with Gasteiger partial charge in [0.05, 0.1) is 11.9 Å². The lowest BCUT2D eigenvalue weighted by Crippen LogP contribution is -2.06. The van der Waals surface area contributed by atoms with Crippen molar-refractivity contribution in [1.82, 2.24) is 15.0 Å². The molecule has 0 radical (unpaired) electrons. The van der Waals surface area contributed by atoms with Crippen LogP contribution in [-0.4, -0.2) is 21.5 Å². The van der Waals surface area contributed by atoms with Crippen LogP contribution in [0.25, 0.3) is 0 Å². The van der Waals surface area contributed by atoms with E-state index < -0.39 is 0 Å². The second-order valence-corrected chi connectivity index (χ2v) is 4.00. The molecule has 0 spiro atoms. The van der Waals surface area contributed by atoms with Crippen LogP contribution in [0.2, 0.25) is 0 Å². The molecule has 0 atom stereocenters. The van der Waals surface area contributed by atoms with Crippen molar-refractivity contribution in [1.29, 1.82) is 0 Å². The number of imidazole rings is 1. The molecular formula is C12H17N5. The first-order chi connectivity index (χ1) is 8.25. The number of nitrogen functional groups attached to an aromatic ring is 1. The quantitative estimate of drug-likeness (QED) is 0.685. The molecule has 2 heterocycles. The van der Waals surface area contributed by atoms with E-state index >= 15 is 0 Å². The van der Waals surface area contributed by atoms with Crippen LogP contribution in [0.15, 0.2) is 24.7 Å². The number of anilines is 2. The van der Waals surface area contributed by atoms with Crippen molar-refractivity contribution in [3.8, 4) is 0 Å². The third-order valence-electron chi connectivity index (χ3n) is 2.54. The van der Waals surface area contributed by atoms with Gasteiger partial charge in [-0.05, 0) is 25.0 Å². The summed E-state index contributed by atoms with van der Waals surface area (Å²) in [4.78, 5) is 11.5. The predicted octanol–water partition coefficient (Wildman–Crippen LogP) is 1.74. The molecule has 0 aromatic carbocycles. The summed E-state index contributed by atoms with van der Waals surface area (Å²) in [6, 6.07) is 1.92. The first kappa shape index (κ1) is 11.4. The maximum atomic E-state index is 5.64. The van der Waals surface area contributed by atoms with Crippen LogP contribution in [0.1, 0.15) is 17.8 Å². The Bertz CT molecular complexity index is 464. The van der Waals surface area contributed by atoms with Gasteiger partial charge in [0.2, 0.25) is 0 Å². The molecule has 5 heteroatoms. The van der Waals surface area contributed by atoms with E-state index in [1.54, 1.807) is 12.4 Å². The van der Waals surface area contributed by atoms with Gasteiger partial charge in [-0.1, -0.05) is 0 Å². The van der Waals surface area contributed by atoms with Gasteiger partial charge in [-0.15, -0.1) is 0 Å². The second-order valence-electron chi connectivity index (χ2n) is 4.00. The van der Waals surface area contributed by atoms with E-state index in [0.29, 0.717) is 5.69 Å². The average Bonchev–Trinajstić information content (AvgIpc) is 2.79. The number of rotatable bonds is 5. The summed E-state index contributed by atoms with van der Waals surface area (Å²) in [7, 11) is 0. The molecule has 0 aliphatic rings. The van der Waals surface area contributed by atoms with Gasteiger partial charge in [0.25, 0.3) is 0 Å². The van der Waals surface area contributed by atoms with Crippen LogP contribution in [-0.2, 0) is 6.42 Å². The molecule has 2 aromatic heterocycles.